The fourth-order valence-electron chi connectivity index (χ4n) is 2.93. The predicted octanol–water partition coefficient (Wildman–Crippen LogP) is 2.92. The van der Waals surface area contributed by atoms with Crippen LogP contribution in [0.2, 0.25) is 0 Å². The topological polar surface area (TPSA) is 39.1 Å². The highest BCUT2D eigenvalue weighted by atomic mass is 15.2. The van der Waals surface area contributed by atoms with Crippen LogP contribution in [0.25, 0.3) is 0 Å². The molecule has 1 N–H and O–H groups in total. The molecule has 2 aliphatic carbocycles. The first-order valence-electron chi connectivity index (χ1n) is 7.95. The number of nitrogens with zero attached hydrogens (tertiary/aromatic N) is 2. The van der Waals surface area contributed by atoms with Crippen LogP contribution in [0.1, 0.15) is 59.3 Å². The van der Waals surface area contributed by atoms with E-state index >= 15 is 0 Å². The Kier molecular flexibility index (Phi) is 4.86. The molecule has 108 valence electrons. The minimum Gasteiger partial charge on any atom is -0.300 e. The van der Waals surface area contributed by atoms with Crippen molar-refractivity contribution in [2.75, 3.05) is 13.1 Å². The van der Waals surface area contributed by atoms with Crippen LogP contribution < -0.4 is 5.32 Å². The van der Waals surface area contributed by atoms with Gasteiger partial charge in [0.05, 0.1) is 6.07 Å². The first kappa shape index (κ1) is 14.8. The highest BCUT2D eigenvalue weighted by Gasteiger charge is 2.33. The Bertz CT molecular complexity index is 325. The summed E-state index contributed by atoms with van der Waals surface area (Å²) >= 11 is 0. The van der Waals surface area contributed by atoms with Gasteiger partial charge >= 0.3 is 0 Å². The monoisotopic (exact) mass is 263 g/mol. The molecule has 0 aromatic heterocycles. The van der Waals surface area contributed by atoms with Gasteiger partial charge in [-0.05, 0) is 71.8 Å². The molecular formula is C16H29N3. The lowest BCUT2D eigenvalue weighted by atomic mass is 9.96. The Hall–Kier alpha value is -0.590. The molecule has 1 atom stereocenters. The van der Waals surface area contributed by atoms with Crippen molar-refractivity contribution in [1.29, 1.82) is 5.26 Å². The van der Waals surface area contributed by atoms with E-state index in [0.29, 0.717) is 6.04 Å². The number of nitriles is 1. The van der Waals surface area contributed by atoms with Crippen molar-refractivity contribution in [1.82, 2.24) is 10.2 Å². The van der Waals surface area contributed by atoms with Gasteiger partial charge in [-0.15, -0.1) is 0 Å². The van der Waals surface area contributed by atoms with Crippen LogP contribution in [0.4, 0.5) is 0 Å². The van der Waals surface area contributed by atoms with Crippen molar-refractivity contribution in [2.45, 2.75) is 76.9 Å². The van der Waals surface area contributed by atoms with E-state index < -0.39 is 0 Å². The molecule has 2 saturated carbocycles. The van der Waals surface area contributed by atoms with Gasteiger partial charge in [-0.2, -0.15) is 5.26 Å². The van der Waals surface area contributed by atoms with Gasteiger partial charge in [-0.1, -0.05) is 0 Å². The summed E-state index contributed by atoms with van der Waals surface area (Å²) in [7, 11) is 0. The van der Waals surface area contributed by atoms with Crippen LogP contribution >= 0.6 is 0 Å². The Labute approximate surface area is 118 Å². The van der Waals surface area contributed by atoms with Gasteiger partial charge < -0.3 is 4.90 Å². The minimum absolute atomic E-state index is 0.358. The van der Waals surface area contributed by atoms with Crippen molar-refractivity contribution in [3.05, 3.63) is 0 Å². The highest BCUT2D eigenvalue weighted by molar-refractivity contribution is 5.04. The second-order valence-corrected chi connectivity index (χ2v) is 7.02. The molecule has 2 rings (SSSR count). The summed E-state index contributed by atoms with van der Waals surface area (Å²) in [6.45, 7) is 8.75. The molecule has 19 heavy (non-hydrogen) atoms. The summed E-state index contributed by atoms with van der Waals surface area (Å²) in [6, 6.07) is 3.69. The maximum absolute atomic E-state index is 9.35. The summed E-state index contributed by atoms with van der Waals surface area (Å²) in [5.41, 5.74) is -0.358. The van der Waals surface area contributed by atoms with Crippen LogP contribution in [0.15, 0.2) is 0 Å². The van der Waals surface area contributed by atoms with Crippen LogP contribution in [-0.2, 0) is 0 Å². The average molecular weight is 263 g/mol. The largest absolute Gasteiger partial charge is 0.300 e. The molecule has 0 amide bonds. The maximum atomic E-state index is 9.35. The number of rotatable bonds is 9. The SMILES string of the molecule is CC(C)NC(C)(C#N)CCCN(CC1CC1)C1CC1. The summed E-state index contributed by atoms with van der Waals surface area (Å²) < 4.78 is 0. The van der Waals surface area contributed by atoms with E-state index in [-0.39, 0.29) is 5.54 Å². The number of hydrogen-bond acceptors (Lipinski definition) is 3. The van der Waals surface area contributed by atoms with Gasteiger partial charge in [0.2, 0.25) is 0 Å². The molecule has 0 spiro atoms. The second kappa shape index (κ2) is 6.24. The zero-order valence-electron chi connectivity index (χ0n) is 12.8. The summed E-state index contributed by atoms with van der Waals surface area (Å²) in [5.74, 6) is 0.983. The van der Waals surface area contributed by atoms with E-state index in [4.69, 9.17) is 0 Å². The molecule has 0 saturated heterocycles. The van der Waals surface area contributed by atoms with Crippen LogP contribution in [0.3, 0.4) is 0 Å². The fourth-order valence-corrected chi connectivity index (χ4v) is 2.93. The van der Waals surface area contributed by atoms with E-state index in [0.717, 1.165) is 24.8 Å². The van der Waals surface area contributed by atoms with Crippen molar-refractivity contribution < 1.29 is 0 Å². The fraction of sp³-hybridized carbons (Fsp3) is 0.938. The van der Waals surface area contributed by atoms with Gasteiger partial charge in [0.25, 0.3) is 0 Å². The molecule has 0 radical (unpaired) electrons. The molecule has 2 fully saturated rings. The van der Waals surface area contributed by atoms with Gasteiger partial charge in [-0.3, -0.25) is 5.32 Å². The maximum Gasteiger partial charge on any atom is 0.104 e. The molecule has 0 aliphatic heterocycles. The lowest BCUT2D eigenvalue weighted by Crippen LogP contribution is -2.45. The van der Waals surface area contributed by atoms with E-state index in [1.165, 1.54) is 38.8 Å². The third kappa shape index (κ3) is 5.12. The molecule has 0 heterocycles. The number of nitrogens with one attached hydrogen (secondary N) is 1. The zero-order chi connectivity index (χ0) is 13.9. The van der Waals surface area contributed by atoms with Crippen molar-refractivity contribution in [3.8, 4) is 6.07 Å². The molecule has 2 aliphatic rings. The molecule has 0 bridgehead atoms. The van der Waals surface area contributed by atoms with Crippen molar-refractivity contribution in [2.24, 2.45) is 5.92 Å². The van der Waals surface area contributed by atoms with E-state index in [2.05, 4.69) is 30.1 Å². The summed E-state index contributed by atoms with van der Waals surface area (Å²) in [4.78, 5) is 2.69. The molecule has 0 aromatic rings. The Morgan fingerprint density at radius 1 is 1.32 bits per heavy atom. The Morgan fingerprint density at radius 3 is 2.47 bits per heavy atom. The predicted molar refractivity (Wildman–Crippen MR) is 78.8 cm³/mol. The van der Waals surface area contributed by atoms with E-state index in [9.17, 15) is 5.26 Å². The third-order valence-corrected chi connectivity index (χ3v) is 4.23. The van der Waals surface area contributed by atoms with Gasteiger partial charge in [0.1, 0.15) is 5.54 Å². The van der Waals surface area contributed by atoms with Crippen molar-refractivity contribution in [3.63, 3.8) is 0 Å². The Morgan fingerprint density at radius 2 is 2.00 bits per heavy atom. The molecule has 1 unspecified atom stereocenters. The van der Waals surface area contributed by atoms with Crippen LogP contribution in [0, 0.1) is 17.2 Å². The summed E-state index contributed by atoms with van der Waals surface area (Å²) in [6.07, 6.45) is 7.75. The lowest BCUT2D eigenvalue weighted by molar-refractivity contribution is 0.236. The quantitative estimate of drug-likeness (QED) is 0.695. The first-order chi connectivity index (χ1) is 9.02. The summed E-state index contributed by atoms with van der Waals surface area (Å²) in [5, 5.41) is 12.7. The third-order valence-electron chi connectivity index (χ3n) is 4.23. The zero-order valence-corrected chi connectivity index (χ0v) is 12.8. The van der Waals surface area contributed by atoms with Gasteiger partial charge in [-0.25, -0.2) is 0 Å². The highest BCUT2D eigenvalue weighted by Crippen LogP contribution is 2.35. The standard InChI is InChI=1S/C16H29N3/c1-13(2)18-16(3,12-17)9-4-10-19(15-7-8-15)11-14-5-6-14/h13-15,18H,4-11H2,1-3H3. The smallest absolute Gasteiger partial charge is 0.104 e. The first-order valence-corrected chi connectivity index (χ1v) is 7.95. The second-order valence-electron chi connectivity index (χ2n) is 7.02. The van der Waals surface area contributed by atoms with Crippen LogP contribution in [0.5, 0.6) is 0 Å². The lowest BCUT2D eigenvalue weighted by Gasteiger charge is -2.28. The van der Waals surface area contributed by atoms with Gasteiger partial charge in [0.15, 0.2) is 0 Å². The molecule has 0 aromatic carbocycles. The van der Waals surface area contributed by atoms with Crippen LogP contribution in [-0.4, -0.2) is 35.6 Å². The normalized spacial score (nSPS) is 22.5. The molecule has 3 heteroatoms. The number of hydrogen-bond donors (Lipinski definition) is 1. The average Bonchev–Trinajstić information content (AvgIpc) is 3.19. The van der Waals surface area contributed by atoms with Gasteiger partial charge in [0, 0.05) is 18.6 Å². The minimum atomic E-state index is -0.358. The molecular weight excluding hydrogens is 234 g/mol. The van der Waals surface area contributed by atoms with E-state index in [1.807, 2.05) is 6.92 Å². The Balaban J connectivity index is 1.72. The molecule has 3 nitrogen and oxygen atoms in total. The van der Waals surface area contributed by atoms with E-state index in [1.54, 1.807) is 0 Å². The van der Waals surface area contributed by atoms with Crippen molar-refractivity contribution >= 4 is 0 Å².